The van der Waals surface area contributed by atoms with Crippen LogP contribution in [0.25, 0.3) is 6.08 Å². The summed E-state index contributed by atoms with van der Waals surface area (Å²) in [4.78, 5) is 12.1. The van der Waals surface area contributed by atoms with E-state index >= 15 is 0 Å². The van der Waals surface area contributed by atoms with Gasteiger partial charge in [-0.1, -0.05) is 71.8 Å². The molecule has 0 bridgehead atoms. The molecule has 0 aromatic heterocycles. The summed E-state index contributed by atoms with van der Waals surface area (Å²) >= 11 is 11.9. The molecule has 0 atom stereocenters. The fraction of sp³-hybridized carbons (Fsp3) is 0. The molecule has 0 fully saturated rings. The van der Waals surface area contributed by atoms with Gasteiger partial charge in [-0.3, -0.25) is 4.79 Å². The first-order valence-electron chi connectivity index (χ1n) is 6.70. The van der Waals surface area contributed by atoms with E-state index in [1.165, 1.54) is 6.08 Å². The average molecular weight is 343 g/mol. The lowest BCUT2D eigenvalue weighted by atomic mass is 10.2. The van der Waals surface area contributed by atoms with Gasteiger partial charge in [0.2, 0.25) is 0 Å². The molecule has 0 heterocycles. The minimum atomic E-state index is -0.547. The van der Waals surface area contributed by atoms with Crippen molar-refractivity contribution in [3.8, 4) is 6.07 Å². The number of carbonyl (C=O) groups excluding carboxylic acids is 1. The van der Waals surface area contributed by atoms with E-state index in [0.717, 1.165) is 5.56 Å². The molecule has 0 radical (unpaired) electrons. The second-order valence-electron chi connectivity index (χ2n) is 4.52. The molecule has 2 aromatic rings. The summed E-state index contributed by atoms with van der Waals surface area (Å²) < 4.78 is 0. The highest BCUT2D eigenvalue weighted by atomic mass is 35.5. The zero-order valence-corrected chi connectivity index (χ0v) is 13.5. The van der Waals surface area contributed by atoms with Crippen molar-refractivity contribution in [3.05, 3.63) is 81.9 Å². The van der Waals surface area contributed by atoms with E-state index in [4.69, 9.17) is 28.5 Å². The van der Waals surface area contributed by atoms with Crippen molar-refractivity contribution in [2.75, 3.05) is 5.32 Å². The van der Waals surface area contributed by atoms with E-state index in [-0.39, 0.29) is 10.6 Å². The van der Waals surface area contributed by atoms with Crippen molar-refractivity contribution in [3.63, 3.8) is 0 Å². The van der Waals surface area contributed by atoms with Crippen LogP contribution in [-0.4, -0.2) is 5.91 Å². The highest BCUT2D eigenvalue weighted by molar-refractivity contribution is 6.44. The van der Waals surface area contributed by atoms with Crippen LogP contribution < -0.4 is 5.32 Å². The molecule has 1 amide bonds. The summed E-state index contributed by atoms with van der Waals surface area (Å²) in [6.07, 6.45) is 4.89. The van der Waals surface area contributed by atoms with Crippen molar-refractivity contribution >= 4 is 40.9 Å². The standard InChI is InChI=1S/C18H12Cl2N2O/c19-15-10-5-11-16(17(15)20)22-18(23)14(12-21)9-4-8-13-6-2-1-3-7-13/h1-11H,(H,22,23)/b8-4+,14-9+. The van der Waals surface area contributed by atoms with E-state index in [2.05, 4.69) is 5.32 Å². The number of nitriles is 1. The predicted octanol–water partition coefficient (Wildman–Crippen LogP) is 5.10. The van der Waals surface area contributed by atoms with Gasteiger partial charge >= 0.3 is 0 Å². The van der Waals surface area contributed by atoms with Crippen LogP contribution in [0.2, 0.25) is 10.0 Å². The Morgan fingerprint density at radius 1 is 1.09 bits per heavy atom. The molecule has 114 valence electrons. The van der Waals surface area contributed by atoms with Crippen LogP contribution in [0.1, 0.15) is 5.56 Å². The molecule has 0 spiro atoms. The molecule has 0 saturated heterocycles. The number of allylic oxidation sites excluding steroid dienone is 2. The van der Waals surface area contributed by atoms with Crippen molar-refractivity contribution in [1.82, 2.24) is 0 Å². The molecular formula is C18H12Cl2N2O. The van der Waals surface area contributed by atoms with Gasteiger partial charge in [-0.15, -0.1) is 0 Å². The van der Waals surface area contributed by atoms with Crippen LogP contribution in [0, 0.1) is 11.3 Å². The molecule has 1 N–H and O–H groups in total. The lowest BCUT2D eigenvalue weighted by molar-refractivity contribution is -0.112. The summed E-state index contributed by atoms with van der Waals surface area (Å²) in [5.41, 5.74) is 1.30. The van der Waals surface area contributed by atoms with E-state index in [1.807, 2.05) is 36.4 Å². The summed E-state index contributed by atoms with van der Waals surface area (Å²) in [7, 11) is 0. The Morgan fingerprint density at radius 2 is 1.83 bits per heavy atom. The van der Waals surface area contributed by atoms with Gasteiger partial charge in [0.15, 0.2) is 0 Å². The Hall–Kier alpha value is -2.54. The maximum atomic E-state index is 12.1. The molecule has 23 heavy (non-hydrogen) atoms. The van der Waals surface area contributed by atoms with Crippen LogP contribution in [0.5, 0.6) is 0 Å². The zero-order chi connectivity index (χ0) is 16.7. The first-order valence-corrected chi connectivity index (χ1v) is 7.46. The van der Waals surface area contributed by atoms with Gasteiger partial charge in [-0.2, -0.15) is 5.26 Å². The van der Waals surface area contributed by atoms with Crippen LogP contribution in [0.4, 0.5) is 5.69 Å². The second-order valence-corrected chi connectivity index (χ2v) is 5.30. The van der Waals surface area contributed by atoms with Crippen LogP contribution in [0.3, 0.4) is 0 Å². The number of halogens is 2. The number of nitrogens with one attached hydrogen (secondary N) is 1. The molecule has 0 aliphatic heterocycles. The predicted molar refractivity (Wildman–Crippen MR) is 94.3 cm³/mol. The second kappa shape index (κ2) is 8.19. The smallest absolute Gasteiger partial charge is 0.266 e. The number of hydrogen-bond donors (Lipinski definition) is 1. The number of carbonyl (C=O) groups is 1. The number of benzene rings is 2. The van der Waals surface area contributed by atoms with Gasteiger partial charge in [0, 0.05) is 0 Å². The number of hydrogen-bond acceptors (Lipinski definition) is 2. The summed E-state index contributed by atoms with van der Waals surface area (Å²) in [6.45, 7) is 0. The summed E-state index contributed by atoms with van der Waals surface area (Å²) in [6, 6.07) is 16.3. The lowest BCUT2D eigenvalue weighted by Gasteiger charge is -2.07. The summed E-state index contributed by atoms with van der Waals surface area (Å²) in [5.74, 6) is -0.547. The van der Waals surface area contributed by atoms with Crippen molar-refractivity contribution in [2.45, 2.75) is 0 Å². The topological polar surface area (TPSA) is 52.9 Å². The van der Waals surface area contributed by atoms with Crippen molar-refractivity contribution < 1.29 is 4.79 Å². The number of nitrogens with zero attached hydrogens (tertiary/aromatic N) is 1. The monoisotopic (exact) mass is 342 g/mol. The SMILES string of the molecule is N#C/C(=C\C=C\c1ccccc1)C(=O)Nc1cccc(Cl)c1Cl. The number of rotatable bonds is 4. The minimum Gasteiger partial charge on any atom is -0.320 e. The van der Waals surface area contributed by atoms with Gasteiger partial charge in [-0.25, -0.2) is 0 Å². The first-order chi connectivity index (χ1) is 11.1. The number of amides is 1. The van der Waals surface area contributed by atoms with Crippen LogP contribution in [-0.2, 0) is 4.79 Å². The van der Waals surface area contributed by atoms with Gasteiger partial charge in [0.05, 0.1) is 15.7 Å². The van der Waals surface area contributed by atoms with Gasteiger partial charge < -0.3 is 5.32 Å². The molecule has 0 unspecified atom stereocenters. The lowest BCUT2D eigenvalue weighted by Crippen LogP contribution is -2.13. The largest absolute Gasteiger partial charge is 0.320 e. The maximum absolute atomic E-state index is 12.1. The van der Waals surface area contributed by atoms with Crippen LogP contribution in [0.15, 0.2) is 66.3 Å². The van der Waals surface area contributed by atoms with E-state index in [9.17, 15) is 4.79 Å². The molecule has 0 aliphatic carbocycles. The van der Waals surface area contributed by atoms with Gasteiger partial charge in [0.1, 0.15) is 11.6 Å². The summed E-state index contributed by atoms with van der Waals surface area (Å²) in [5, 5.41) is 12.3. The third kappa shape index (κ3) is 4.72. The average Bonchev–Trinajstić information content (AvgIpc) is 2.56. The fourth-order valence-corrected chi connectivity index (χ4v) is 2.12. The Labute approximate surface area is 144 Å². The third-order valence-electron chi connectivity index (χ3n) is 2.92. The van der Waals surface area contributed by atoms with Crippen molar-refractivity contribution in [2.24, 2.45) is 0 Å². The van der Waals surface area contributed by atoms with E-state index in [0.29, 0.717) is 10.7 Å². The molecule has 2 aromatic carbocycles. The third-order valence-corrected chi connectivity index (χ3v) is 3.73. The Bertz CT molecular complexity index is 806. The maximum Gasteiger partial charge on any atom is 0.266 e. The Morgan fingerprint density at radius 3 is 2.52 bits per heavy atom. The molecular weight excluding hydrogens is 331 g/mol. The normalized spacial score (nSPS) is 11.3. The molecule has 2 rings (SSSR count). The molecule has 5 heteroatoms. The molecule has 0 saturated carbocycles. The Kier molecular flexibility index (Phi) is 5.99. The quantitative estimate of drug-likeness (QED) is 0.477. The first kappa shape index (κ1) is 16.8. The molecule has 0 aliphatic rings. The minimum absolute atomic E-state index is 0.0341. The molecule has 3 nitrogen and oxygen atoms in total. The fourth-order valence-electron chi connectivity index (χ4n) is 1.77. The van der Waals surface area contributed by atoms with Gasteiger partial charge in [-0.05, 0) is 23.8 Å². The Balaban J connectivity index is 2.13. The highest BCUT2D eigenvalue weighted by Crippen LogP contribution is 2.29. The number of anilines is 1. The van der Waals surface area contributed by atoms with Crippen molar-refractivity contribution in [1.29, 1.82) is 5.26 Å². The van der Waals surface area contributed by atoms with E-state index < -0.39 is 5.91 Å². The van der Waals surface area contributed by atoms with E-state index in [1.54, 1.807) is 30.4 Å². The van der Waals surface area contributed by atoms with Gasteiger partial charge in [0.25, 0.3) is 5.91 Å². The zero-order valence-electron chi connectivity index (χ0n) is 12.0. The highest BCUT2D eigenvalue weighted by Gasteiger charge is 2.11. The van der Waals surface area contributed by atoms with Crippen LogP contribution >= 0.6 is 23.2 Å².